The topological polar surface area (TPSA) is 122 Å². The monoisotopic (exact) mass is 496 g/mol. The third kappa shape index (κ3) is 10.7. The van der Waals surface area contributed by atoms with Gasteiger partial charge in [0.25, 0.3) is 0 Å². The van der Waals surface area contributed by atoms with Crippen LogP contribution < -0.4 is 16.4 Å². The fraction of sp³-hybridized carbons (Fsp3) is 0.840. The summed E-state index contributed by atoms with van der Waals surface area (Å²) in [5.41, 5.74) is 5.40. The molecule has 1 saturated heterocycles. The maximum Gasteiger partial charge on any atom is 0.240 e. The summed E-state index contributed by atoms with van der Waals surface area (Å²) < 4.78 is 0. The van der Waals surface area contributed by atoms with Gasteiger partial charge in [-0.1, -0.05) is 51.9 Å². The third-order valence-electron chi connectivity index (χ3n) is 6.98. The Balaban J connectivity index is 1.55. The SMILES string of the molecule is CC[C@H](C(N)=O)N1CC(CCNC(=O)CSCC(=O)NCC2CCCCCCCCC2)CC1=O. The number of primary amides is 1. The molecule has 2 fully saturated rings. The summed E-state index contributed by atoms with van der Waals surface area (Å²) in [5, 5.41) is 5.93. The normalized spacial score (nSPS) is 21.1. The zero-order chi connectivity index (χ0) is 24.8. The van der Waals surface area contributed by atoms with Crippen LogP contribution in [0.2, 0.25) is 0 Å². The van der Waals surface area contributed by atoms with Gasteiger partial charge in [0.2, 0.25) is 23.6 Å². The van der Waals surface area contributed by atoms with Crippen molar-refractivity contribution in [2.24, 2.45) is 17.6 Å². The Hall–Kier alpha value is -1.77. The van der Waals surface area contributed by atoms with Crippen molar-refractivity contribution in [3.63, 3.8) is 0 Å². The molecule has 8 nitrogen and oxygen atoms in total. The Kier molecular flexibility index (Phi) is 13.4. The molecule has 1 aliphatic carbocycles. The molecule has 0 aromatic rings. The van der Waals surface area contributed by atoms with E-state index in [9.17, 15) is 19.2 Å². The molecular formula is C25H44N4O4S. The van der Waals surface area contributed by atoms with E-state index in [1.165, 1.54) is 69.5 Å². The molecule has 0 aromatic heterocycles. The maximum atomic E-state index is 12.2. The quantitative estimate of drug-likeness (QED) is 0.383. The summed E-state index contributed by atoms with van der Waals surface area (Å²) in [6, 6.07) is -0.546. The summed E-state index contributed by atoms with van der Waals surface area (Å²) in [6.45, 7) is 3.57. The molecule has 2 rings (SSSR count). The summed E-state index contributed by atoms with van der Waals surface area (Å²) in [7, 11) is 0. The summed E-state index contributed by atoms with van der Waals surface area (Å²) in [4.78, 5) is 49.6. The molecule has 2 atom stereocenters. The second kappa shape index (κ2) is 16.0. The number of nitrogens with one attached hydrogen (secondary N) is 2. The molecule has 4 N–H and O–H groups in total. The molecule has 1 unspecified atom stereocenters. The van der Waals surface area contributed by atoms with E-state index in [0.717, 1.165) is 6.54 Å². The van der Waals surface area contributed by atoms with E-state index >= 15 is 0 Å². The molecule has 9 heteroatoms. The minimum atomic E-state index is -0.546. The number of thioether (sulfide) groups is 1. The highest BCUT2D eigenvalue weighted by Crippen LogP contribution is 2.24. The second-order valence-corrected chi connectivity index (χ2v) is 10.8. The number of nitrogens with two attached hydrogens (primary N) is 1. The molecule has 0 spiro atoms. The van der Waals surface area contributed by atoms with Gasteiger partial charge in [0.15, 0.2) is 0 Å². The van der Waals surface area contributed by atoms with E-state index < -0.39 is 11.9 Å². The Morgan fingerprint density at radius 1 is 0.971 bits per heavy atom. The first kappa shape index (κ1) is 28.5. The van der Waals surface area contributed by atoms with Crippen LogP contribution in [-0.4, -0.2) is 65.7 Å². The van der Waals surface area contributed by atoms with Crippen LogP contribution in [0.25, 0.3) is 0 Å². The molecule has 1 aliphatic heterocycles. The molecule has 4 amide bonds. The highest BCUT2D eigenvalue weighted by molar-refractivity contribution is 8.00. The highest BCUT2D eigenvalue weighted by atomic mass is 32.2. The lowest BCUT2D eigenvalue weighted by molar-refractivity contribution is -0.136. The van der Waals surface area contributed by atoms with Crippen molar-refractivity contribution in [1.29, 1.82) is 0 Å². The summed E-state index contributed by atoms with van der Waals surface area (Å²) in [6.07, 6.45) is 13.1. The molecule has 1 saturated carbocycles. The number of rotatable bonds is 12. The first-order valence-corrected chi connectivity index (χ1v) is 14.3. The van der Waals surface area contributed by atoms with Crippen molar-refractivity contribution in [2.45, 2.75) is 90.0 Å². The molecule has 0 aromatic carbocycles. The van der Waals surface area contributed by atoms with Crippen LogP contribution in [-0.2, 0) is 19.2 Å². The molecule has 0 bridgehead atoms. The van der Waals surface area contributed by atoms with Crippen LogP contribution in [0.5, 0.6) is 0 Å². The van der Waals surface area contributed by atoms with Crippen molar-refractivity contribution >= 4 is 35.4 Å². The smallest absolute Gasteiger partial charge is 0.240 e. The van der Waals surface area contributed by atoms with Gasteiger partial charge in [-0.25, -0.2) is 0 Å². The van der Waals surface area contributed by atoms with Gasteiger partial charge in [-0.15, -0.1) is 11.8 Å². The van der Waals surface area contributed by atoms with Gasteiger partial charge in [0, 0.05) is 26.1 Å². The fourth-order valence-electron chi connectivity index (χ4n) is 4.99. The Morgan fingerprint density at radius 3 is 2.15 bits per heavy atom. The van der Waals surface area contributed by atoms with Crippen LogP contribution in [0.1, 0.15) is 84.0 Å². The van der Waals surface area contributed by atoms with Gasteiger partial charge in [-0.3, -0.25) is 19.2 Å². The van der Waals surface area contributed by atoms with Gasteiger partial charge in [0.05, 0.1) is 11.5 Å². The number of hydrogen-bond donors (Lipinski definition) is 3. The van der Waals surface area contributed by atoms with E-state index in [0.29, 0.717) is 38.3 Å². The average molecular weight is 497 g/mol. The lowest BCUT2D eigenvalue weighted by Gasteiger charge is -2.24. The molecule has 2 aliphatic rings. The largest absolute Gasteiger partial charge is 0.368 e. The predicted octanol–water partition coefficient (Wildman–Crippen LogP) is 2.60. The number of carbonyl (C=O) groups is 4. The number of amides is 4. The van der Waals surface area contributed by atoms with Gasteiger partial charge >= 0.3 is 0 Å². The predicted molar refractivity (Wildman–Crippen MR) is 136 cm³/mol. The van der Waals surface area contributed by atoms with Crippen LogP contribution in [0, 0.1) is 11.8 Å². The van der Waals surface area contributed by atoms with Gasteiger partial charge < -0.3 is 21.3 Å². The van der Waals surface area contributed by atoms with Crippen molar-refractivity contribution in [2.75, 3.05) is 31.1 Å². The lowest BCUT2D eigenvalue weighted by atomic mass is 9.92. The van der Waals surface area contributed by atoms with Crippen molar-refractivity contribution in [1.82, 2.24) is 15.5 Å². The van der Waals surface area contributed by atoms with Crippen molar-refractivity contribution in [3.8, 4) is 0 Å². The molecule has 0 radical (unpaired) electrons. The fourth-order valence-corrected chi connectivity index (χ4v) is 5.67. The van der Waals surface area contributed by atoms with E-state index in [2.05, 4.69) is 10.6 Å². The minimum Gasteiger partial charge on any atom is -0.368 e. The summed E-state index contributed by atoms with van der Waals surface area (Å²) >= 11 is 1.33. The maximum absolute atomic E-state index is 12.2. The zero-order valence-electron chi connectivity index (χ0n) is 20.8. The Morgan fingerprint density at radius 2 is 1.56 bits per heavy atom. The second-order valence-electron chi connectivity index (χ2n) is 9.80. The van der Waals surface area contributed by atoms with Crippen LogP contribution in [0.3, 0.4) is 0 Å². The van der Waals surface area contributed by atoms with Crippen molar-refractivity contribution < 1.29 is 19.2 Å². The number of carbonyl (C=O) groups excluding carboxylic acids is 4. The number of hydrogen-bond acceptors (Lipinski definition) is 5. The van der Waals surface area contributed by atoms with Gasteiger partial charge in [-0.05, 0) is 37.5 Å². The highest BCUT2D eigenvalue weighted by Gasteiger charge is 2.35. The molecule has 34 heavy (non-hydrogen) atoms. The lowest BCUT2D eigenvalue weighted by Crippen LogP contribution is -2.45. The third-order valence-corrected chi connectivity index (χ3v) is 7.92. The Labute approximate surface area is 208 Å². The number of nitrogens with zero attached hydrogens (tertiary/aromatic N) is 1. The van der Waals surface area contributed by atoms with E-state index in [-0.39, 0.29) is 35.1 Å². The van der Waals surface area contributed by atoms with Crippen LogP contribution in [0.4, 0.5) is 0 Å². The molecular weight excluding hydrogens is 452 g/mol. The first-order chi connectivity index (χ1) is 16.4. The first-order valence-electron chi connectivity index (χ1n) is 13.1. The van der Waals surface area contributed by atoms with E-state index in [1.807, 2.05) is 6.92 Å². The van der Waals surface area contributed by atoms with Crippen molar-refractivity contribution in [3.05, 3.63) is 0 Å². The standard InChI is InChI=1S/C25H44N4O4S/c1-2-21(25(26)33)29-16-20(14-24(29)32)12-13-27-22(30)17-34-18-23(31)28-15-19-10-8-6-4-3-5-7-9-11-19/h19-21H,2-18H2,1H3,(H2,26,33)(H,27,30)(H,28,31)/t20?,21-/m1/s1. The van der Waals surface area contributed by atoms with E-state index in [4.69, 9.17) is 5.73 Å². The average Bonchev–Trinajstić information content (AvgIpc) is 3.16. The van der Waals surface area contributed by atoms with E-state index in [1.54, 1.807) is 4.90 Å². The minimum absolute atomic E-state index is 0.000571. The van der Waals surface area contributed by atoms with Gasteiger partial charge in [-0.2, -0.15) is 0 Å². The molecule has 1 heterocycles. The zero-order valence-corrected chi connectivity index (χ0v) is 21.6. The number of likely N-dealkylation sites (tertiary alicyclic amines) is 1. The Bertz CT molecular complexity index is 665. The van der Waals surface area contributed by atoms with Crippen LogP contribution in [0.15, 0.2) is 0 Å². The van der Waals surface area contributed by atoms with Crippen LogP contribution >= 0.6 is 11.8 Å². The van der Waals surface area contributed by atoms with Gasteiger partial charge in [0.1, 0.15) is 6.04 Å². The summed E-state index contributed by atoms with van der Waals surface area (Å²) in [5.74, 6) is 0.597. The molecule has 194 valence electrons.